The number of aryl methyl sites for hydroxylation is 1. The Morgan fingerprint density at radius 1 is 1.25 bits per heavy atom. The smallest absolute Gasteiger partial charge is 0.0403 e. The minimum atomic E-state index is 0.484. The van der Waals surface area contributed by atoms with E-state index in [9.17, 15) is 0 Å². The number of hydrogen-bond donors (Lipinski definition) is 0. The average molecular weight is 292 g/mol. The highest BCUT2D eigenvalue weighted by Gasteiger charge is 2.04. The van der Waals surface area contributed by atoms with Crippen molar-refractivity contribution in [2.45, 2.75) is 18.2 Å². The minimum absolute atomic E-state index is 0.484. The Morgan fingerprint density at radius 3 is 2.33 bits per heavy atom. The Bertz CT molecular complexity index is 228. The molecule has 1 rings (SSSR count). The maximum absolute atomic E-state index is 3.64. The molecule has 0 bridgehead atoms. The van der Waals surface area contributed by atoms with E-state index in [0.717, 1.165) is 11.8 Å². The van der Waals surface area contributed by atoms with Crippen molar-refractivity contribution in [1.82, 2.24) is 0 Å². The zero-order valence-electron chi connectivity index (χ0n) is 7.06. The maximum atomic E-state index is 3.64. The second-order valence-electron chi connectivity index (χ2n) is 2.86. The van der Waals surface area contributed by atoms with Crippen LogP contribution >= 0.6 is 31.9 Å². The molecule has 1 aromatic rings. The second kappa shape index (κ2) is 5.03. The van der Waals surface area contributed by atoms with E-state index in [1.165, 1.54) is 11.1 Å². The number of alkyl halides is 2. The van der Waals surface area contributed by atoms with Crippen LogP contribution in [-0.4, -0.2) is 5.33 Å². The maximum Gasteiger partial charge on any atom is 0.0403 e. The molecule has 0 saturated carbocycles. The summed E-state index contributed by atoms with van der Waals surface area (Å²) < 4.78 is 0. The quantitative estimate of drug-likeness (QED) is 0.732. The van der Waals surface area contributed by atoms with Gasteiger partial charge in [0.05, 0.1) is 0 Å². The van der Waals surface area contributed by atoms with Gasteiger partial charge in [0.25, 0.3) is 0 Å². The predicted molar refractivity (Wildman–Crippen MR) is 61.3 cm³/mol. The summed E-state index contributed by atoms with van der Waals surface area (Å²) in [6.45, 7) is 2.11. The second-order valence-corrected chi connectivity index (χ2v) is 4.75. The summed E-state index contributed by atoms with van der Waals surface area (Å²) in [7, 11) is 0. The first-order valence-electron chi connectivity index (χ1n) is 4.00. The van der Waals surface area contributed by atoms with Crippen molar-refractivity contribution in [2.75, 3.05) is 5.33 Å². The van der Waals surface area contributed by atoms with Gasteiger partial charge in [0.2, 0.25) is 0 Å². The molecule has 66 valence electrons. The van der Waals surface area contributed by atoms with Gasteiger partial charge in [-0.15, -0.1) is 0 Å². The van der Waals surface area contributed by atoms with Crippen LogP contribution in [0.25, 0.3) is 0 Å². The van der Waals surface area contributed by atoms with Gasteiger partial charge in [-0.25, -0.2) is 0 Å². The fourth-order valence-electron chi connectivity index (χ4n) is 1.04. The Morgan fingerprint density at radius 2 is 1.83 bits per heavy atom. The molecule has 0 amide bonds. The van der Waals surface area contributed by atoms with E-state index >= 15 is 0 Å². The molecule has 0 saturated heterocycles. The number of rotatable bonds is 3. The Kier molecular flexibility index (Phi) is 4.30. The molecular formula is C10H12Br2. The molecule has 0 nitrogen and oxygen atoms in total. The lowest BCUT2D eigenvalue weighted by atomic mass is 10.1. The van der Waals surface area contributed by atoms with Crippen molar-refractivity contribution in [1.29, 1.82) is 0 Å². The molecular weight excluding hydrogens is 280 g/mol. The fraction of sp³-hybridized carbons (Fsp3) is 0.400. The summed E-state index contributed by atoms with van der Waals surface area (Å²) in [4.78, 5) is 0.484. The van der Waals surface area contributed by atoms with Crippen LogP contribution in [0.3, 0.4) is 0 Å². The van der Waals surface area contributed by atoms with Crippen molar-refractivity contribution in [3.63, 3.8) is 0 Å². The van der Waals surface area contributed by atoms with E-state index in [4.69, 9.17) is 0 Å². The van der Waals surface area contributed by atoms with Crippen LogP contribution in [-0.2, 0) is 0 Å². The van der Waals surface area contributed by atoms with Gasteiger partial charge in [-0.1, -0.05) is 61.7 Å². The standard InChI is InChI=1S/C10H12Br2/c1-8-2-4-9(5-3-8)10(12)6-7-11/h2-5,10H,6-7H2,1H3/t10-/m0/s1. The SMILES string of the molecule is Cc1ccc([C@@H](Br)CCBr)cc1. The van der Waals surface area contributed by atoms with Gasteiger partial charge in [-0.2, -0.15) is 0 Å². The van der Waals surface area contributed by atoms with E-state index in [2.05, 4.69) is 63.0 Å². The van der Waals surface area contributed by atoms with Gasteiger partial charge in [0.15, 0.2) is 0 Å². The molecule has 0 aliphatic carbocycles. The largest absolute Gasteiger partial charge is 0.0928 e. The molecule has 0 N–H and O–H groups in total. The summed E-state index contributed by atoms with van der Waals surface area (Å²) in [6, 6.07) is 8.66. The summed E-state index contributed by atoms with van der Waals surface area (Å²) >= 11 is 7.07. The van der Waals surface area contributed by atoms with Crippen molar-refractivity contribution in [3.8, 4) is 0 Å². The molecule has 0 heterocycles. The third kappa shape index (κ3) is 2.91. The summed E-state index contributed by atoms with van der Waals surface area (Å²) in [5.74, 6) is 0. The lowest BCUT2D eigenvalue weighted by Gasteiger charge is -2.07. The van der Waals surface area contributed by atoms with Crippen LogP contribution in [0, 0.1) is 6.92 Å². The minimum Gasteiger partial charge on any atom is -0.0928 e. The van der Waals surface area contributed by atoms with Crippen molar-refractivity contribution in [2.24, 2.45) is 0 Å². The molecule has 0 aliphatic heterocycles. The molecule has 0 fully saturated rings. The first-order chi connectivity index (χ1) is 5.74. The van der Waals surface area contributed by atoms with E-state index in [1.54, 1.807) is 0 Å². The van der Waals surface area contributed by atoms with E-state index in [0.29, 0.717) is 4.83 Å². The predicted octanol–water partition coefficient (Wildman–Crippen LogP) is 4.22. The highest BCUT2D eigenvalue weighted by Crippen LogP contribution is 2.26. The van der Waals surface area contributed by atoms with Crippen LogP contribution in [0.5, 0.6) is 0 Å². The number of benzene rings is 1. The summed E-state index contributed by atoms with van der Waals surface area (Å²) in [5, 5.41) is 1.04. The zero-order chi connectivity index (χ0) is 8.97. The van der Waals surface area contributed by atoms with Gasteiger partial charge in [0, 0.05) is 10.2 Å². The normalized spacial score (nSPS) is 12.9. The van der Waals surface area contributed by atoms with Crippen LogP contribution < -0.4 is 0 Å². The lowest BCUT2D eigenvalue weighted by molar-refractivity contribution is 0.928. The molecule has 0 unspecified atom stereocenters. The topological polar surface area (TPSA) is 0 Å². The van der Waals surface area contributed by atoms with Gasteiger partial charge in [0.1, 0.15) is 0 Å². The molecule has 1 atom stereocenters. The number of halogens is 2. The molecule has 2 heteroatoms. The monoisotopic (exact) mass is 290 g/mol. The number of hydrogen-bond acceptors (Lipinski definition) is 0. The Hall–Kier alpha value is 0.180. The van der Waals surface area contributed by atoms with Crippen molar-refractivity contribution >= 4 is 31.9 Å². The molecule has 0 aliphatic rings. The van der Waals surface area contributed by atoms with E-state index in [1.807, 2.05) is 0 Å². The summed E-state index contributed by atoms with van der Waals surface area (Å²) in [5.41, 5.74) is 2.68. The Labute approximate surface area is 90.6 Å². The Balaban J connectivity index is 2.68. The van der Waals surface area contributed by atoms with E-state index in [-0.39, 0.29) is 0 Å². The fourth-order valence-corrected chi connectivity index (χ4v) is 2.64. The van der Waals surface area contributed by atoms with Crippen LogP contribution in [0.1, 0.15) is 22.4 Å². The summed E-state index contributed by atoms with van der Waals surface area (Å²) in [6.07, 6.45) is 1.13. The zero-order valence-corrected chi connectivity index (χ0v) is 10.2. The van der Waals surface area contributed by atoms with E-state index < -0.39 is 0 Å². The molecule has 12 heavy (non-hydrogen) atoms. The van der Waals surface area contributed by atoms with Gasteiger partial charge < -0.3 is 0 Å². The highest BCUT2D eigenvalue weighted by molar-refractivity contribution is 9.09. The molecule has 0 spiro atoms. The molecule has 0 aromatic heterocycles. The van der Waals surface area contributed by atoms with Crippen molar-refractivity contribution < 1.29 is 0 Å². The van der Waals surface area contributed by atoms with Gasteiger partial charge in [-0.05, 0) is 18.9 Å². The van der Waals surface area contributed by atoms with Gasteiger partial charge >= 0.3 is 0 Å². The van der Waals surface area contributed by atoms with Crippen LogP contribution in [0.4, 0.5) is 0 Å². The highest BCUT2D eigenvalue weighted by atomic mass is 79.9. The van der Waals surface area contributed by atoms with Crippen LogP contribution in [0.15, 0.2) is 24.3 Å². The first-order valence-corrected chi connectivity index (χ1v) is 6.04. The molecule has 0 radical (unpaired) electrons. The average Bonchev–Trinajstić information content (AvgIpc) is 2.06. The first kappa shape index (κ1) is 10.3. The van der Waals surface area contributed by atoms with Crippen molar-refractivity contribution in [3.05, 3.63) is 35.4 Å². The third-order valence-corrected chi connectivity index (χ3v) is 3.25. The third-order valence-electron chi connectivity index (χ3n) is 1.80. The van der Waals surface area contributed by atoms with Gasteiger partial charge in [-0.3, -0.25) is 0 Å². The van der Waals surface area contributed by atoms with Crippen LogP contribution in [0.2, 0.25) is 0 Å². The molecule has 1 aromatic carbocycles. The lowest BCUT2D eigenvalue weighted by Crippen LogP contribution is -1.90.